The van der Waals surface area contributed by atoms with E-state index in [1.165, 1.54) is 36.8 Å². The number of hydrogen-bond acceptors (Lipinski definition) is 4. The van der Waals surface area contributed by atoms with Crippen molar-refractivity contribution in [3.8, 4) is 0 Å². The third-order valence-corrected chi connectivity index (χ3v) is 6.81. The van der Waals surface area contributed by atoms with Crippen molar-refractivity contribution in [3.05, 3.63) is 59.3 Å². The number of guanidine groups is 1. The Hall–Kier alpha value is -2.60. The topological polar surface area (TPSA) is 61.8 Å². The average molecular weight is 450 g/mol. The lowest BCUT2D eigenvalue weighted by Crippen LogP contribution is -2.41. The molecular weight excluding hydrogens is 410 g/mol. The van der Waals surface area contributed by atoms with Gasteiger partial charge in [-0.05, 0) is 49.8 Å². The van der Waals surface area contributed by atoms with Crippen molar-refractivity contribution in [3.63, 3.8) is 0 Å². The van der Waals surface area contributed by atoms with Crippen molar-refractivity contribution >= 4 is 11.8 Å². The number of anilines is 1. The number of aryl methyl sites for hydroxylation is 1. The van der Waals surface area contributed by atoms with E-state index in [-0.39, 0.29) is 6.10 Å². The predicted molar refractivity (Wildman–Crippen MR) is 136 cm³/mol. The normalized spacial score (nSPS) is 22.0. The maximum absolute atomic E-state index is 6.17. The molecule has 0 spiro atoms. The second kappa shape index (κ2) is 12.0. The number of nitrogens with one attached hydrogen (secondary N) is 2. The van der Waals surface area contributed by atoms with Crippen LogP contribution in [0.4, 0.5) is 5.82 Å². The van der Waals surface area contributed by atoms with Crippen LogP contribution in [0.2, 0.25) is 0 Å². The fraction of sp³-hybridized carbons (Fsp3) is 0.556. The van der Waals surface area contributed by atoms with Gasteiger partial charge in [-0.2, -0.15) is 0 Å². The fourth-order valence-electron chi connectivity index (χ4n) is 4.82. The first-order valence-corrected chi connectivity index (χ1v) is 12.6. The van der Waals surface area contributed by atoms with Gasteiger partial charge in [-0.15, -0.1) is 0 Å². The van der Waals surface area contributed by atoms with Crippen LogP contribution >= 0.6 is 0 Å². The molecule has 3 heterocycles. The molecule has 2 fully saturated rings. The first-order chi connectivity index (χ1) is 16.2. The SMILES string of the molecule is CN=C(NCc1ccc(N2CCCCCC2)nc1)NCC1CCCOC1c1ccc(C)cc1. The van der Waals surface area contributed by atoms with Crippen molar-refractivity contribution in [2.24, 2.45) is 10.9 Å². The maximum Gasteiger partial charge on any atom is 0.191 e. The Morgan fingerprint density at radius 3 is 2.52 bits per heavy atom. The summed E-state index contributed by atoms with van der Waals surface area (Å²) in [5.74, 6) is 2.34. The van der Waals surface area contributed by atoms with E-state index in [9.17, 15) is 0 Å². The molecule has 33 heavy (non-hydrogen) atoms. The molecule has 2 aliphatic rings. The van der Waals surface area contributed by atoms with Crippen LogP contribution in [-0.4, -0.2) is 44.2 Å². The van der Waals surface area contributed by atoms with Gasteiger partial charge in [0.1, 0.15) is 5.82 Å². The molecule has 0 amide bonds. The Morgan fingerprint density at radius 1 is 1.03 bits per heavy atom. The maximum atomic E-state index is 6.17. The lowest BCUT2D eigenvalue weighted by Gasteiger charge is -2.32. The molecule has 2 saturated heterocycles. The molecule has 2 atom stereocenters. The van der Waals surface area contributed by atoms with E-state index in [0.29, 0.717) is 12.5 Å². The number of rotatable bonds is 6. The second-order valence-corrected chi connectivity index (χ2v) is 9.34. The van der Waals surface area contributed by atoms with Gasteiger partial charge in [0.05, 0.1) is 6.10 Å². The van der Waals surface area contributed by atoms with Gasteiger partial charge < -0.3 is 20.3 Å². The Kier molecular flexibility index (Phi) is 8.59. The third-order valence-electron chi connectivity index (χ3n) is 6.81. The van der Waals surface area contributed by atoms with Gasteiger partial charge in [-0.25, -0.2) is 4.98 Å². The zero-order valence-electron chi connectivity index (χ0n) is 20.2. The van der Waals surface area contributed by atoms with E-state index in [1.54, 1.807) is 0 Å². The Balaban J connectivity index is 1.28. The van der Waals surface area contributed by atoms with E-state index in [0.717, 1.165) is 56.4 Å². The van der Waals surface area contributed by atoms with Crippen LogP contribution in [0.25, 0.3) is 0 Å². The second-order valence-electron chi connectivity index (χ2n) is 9.34. The van der Waals surface area contributed by atoms with E-state index >= 15 is 0 Å². The summed E-state index contributed by atoms with van der Waals surface area (Å²) in [6.07, 6.45) is 9.60. The number of aromatic nitrogens is 1. The third kappa shape index (κ3) is 6.70. The molecule has 2 N–H and O–H groups in total. The van der Waals surface area contributed by atoms with Crippen LogP contribution in [0.1, 0.15) is 61.3 Å². The number of aliphatic imine (C=N–C) groups is 1. The van der Waals surface area contributed by atoms with Gasteiger partial charge in [0.15, 0.2) is 5.96 Å². The smallest absolute Gasteiger partial charge is 0.191 e. The van der Waals surface area contributed by atoms with Gasteiger partial charge in [-0.3, -0.25) is 4.99 Å². The Bertz CT molecular complexity index is 872. The molecule has 4 rings (SSSR count). The standard InChI is InChI=1S/C27H39N5O/c1-21-9-12-23(13-10-21)26-24(8-7-17-33-26)20-31-27(28-2)30-19-22-11-14-25(29-18-22)32-15-5-3-4-6-16-32/h9-14,18,24,26H,3-8,15-17,19-20H2,1-2H3,(H2,28,30,31). The van der Waals surface area contributed by atoms with Gasteiger partial charge >= 0.3 is 0 Å². The van der Waals surface area contributed by atoms with E-state index in [4.69, 9.17) is 9.72 Å². The first-order valence-electron chi connectivity index (χ1n) is 12.6. The predicted octanol–water partition coefficient (Wildman–Crippen LogP) is 4.60. The van der Waals surface area contributed by atoms with Gasteiger partial charge in [-0.1, -0.05) is 48.7 Å². The highest BCUT2D eigenvalue weighted by atomic mass is 16.5. The minimum Gasteiger partial charge on any atom is -0.373 e. The highest BCUT2D eigenvalue weighted by Gasteiger charge is 2.27. The molecule has 6 nitrogen and oxygen atoms in total. The Morgan fingerprint density at radius 2 is 1.82 bits per heavy atom. The number of pyridine rings is 1. The van der Waals surface area contributed by atoms with Crippen LogP contribution < -0.4 is 15.5 Å². The molecule has 0 bridgehead atoms. The number of benzene rings is 1. The summed E-state index contributed by atoms with van der Waals surface area (Å²) in [5, 5.41) is 6.96. The molecule has 0 saturated carbocycles. The summed E-state index contributed by atoms with van der Waals surface area (Å²) in [4.78, 5) is 11.6. The number of ether oxygens (including phenoxy) is 1. The van der Waals surface area contributed by atoms with Crippen molar-refractivity contribution in [1.82, 2.24) is 15.6 Å². The minimum atomic E-state index is 0.140. The van der Waals surface area contributed by atoms with Crippen LogP contribution in [-0.2, 0) is 11.3 Å². The van der Waals surface area contributed by atoms with E-state index < -0.39 is 0 Å². The van der Waals surface area contributed by atoms with Crippen LogP contribution in [0.5, 0.6) is 0 Å². The van der Waals surface area contributed by atoms with Crippen LogP contribution in [0.3, 0.4) is 0 Å². The van der Waals surface area contributed by atoms with Gasteiger partial charge in [0.2, 0.25) is 0 Å². The molecule has 1 aromatic heterocycles. The largest absolute Gasteiger partial charge is 0.373 e. The highest BCUT2D eigenvalue weighted by Crippen LogP contribution is 2.33. The summed E-state index contributed by atoms with van der Waals surface area (Å²) < 4.78 is 6.17. The molecule has 0 radical (unpaired) electrons. The van der Waals surface area contributed by atoms with E-state index in [1.807, 2.05) is 13.2 Å². The summed E-state index contributed by atoms with van der Waals surface area (Å²) in [5.41, 5.74) is 3.71. The van der Waals surface area contributed by atoms with Gasteiger partial charge in [0.25, 0.3) is 0 Å². The summed E-state index contributed by atoms with van der Waals surface area (Å²) in [6.45, 7) is 6.74. The van der Waals surface area contributed by atoms with E-state index in [2.05, 4.69) is 63.8 Å². The number of nitrogens with zero attached hydrogens (tertiary/aromatic N) is 3. The molecular formula is C27H39N5O. The van der Waals surface area contributed by atoms with Gasteiger partial charge in [0, 0.05) is 51.9 Å². The molecule has 178 valence electrons. The molecule has 2 aromatic rings. The molecule has 2 aliphatic heterocycles. The van der Waals surface area contributed by atoms with Crippen LogP contribution in [0, 0.1) is 12.8 Å². The lowest BCUT2D eigenvalue weighted by molar-refractivity contribution is -0.0265. The monoisotopic (exact) mass is 449 g/mol. The summed E-state index contributed by atoms with van der Waals surface area (Å²) >= 11 is 0. The highest BCUT2D eigenvalue weighted by molar-refractivity contribution is 5.79. The zero-order chi connectivity index (χ0) is 22.9. The van der Waals surface area contributed by atoms with Crippen LogP contribution in [0.15, 0.2) is 47.6 Å². The summed E-state index contributed by atoms with van der Waals surface area (Å²) in [7, 11) is 1.82. The first kappa shape index (κ1) is 23.6. The number of hydrogen-bond donors (Lipinski definition) is 2. The summed E-state index contributed by atoms with van der Waals surface area (Å²) in [6, 6.07) is 13.1. The average Bonchev–Trinajstić information content (AvgIpc) is 3.15. The molecule has 2 unspecified atom stereocenters. The molecule has 1 aromatic carbocycles. The van der Waals surface area contributed by atoms with Crippen molar-refractivity contribution in [1.29, 1.82) is 0 Å². The molecule has 6 heteroatoms. The Labute approximate surface area is 198 Å². The lowest BCUT2D eigenvalue weighted by atomic mass is 9.89. The quantitative estimate of drug-likeness (QED) is 0.498. The fourth-order valence-corrected chi connectivity index (χ4v) is 4.82. The zero-order valence-corrected chi connectivity index (χ0v) is 20.2. The minimum absolute atomic E-state index is 0.140. The van der Waals surface area contributed by atoms with Crippen molar-refractivity contribution in [2.75, 3.05) is 38.2 Å². The molecule has 0 aliphatic carbocycles. The van der Waals surface area contributed by atoms with Crippen molar-refractivity contribution < 1.29 is 4.74 Å². The van der Waals surface area contributed by atoms with Crippen molar-refractivity contribution in [2.45, 2.75) is 58.1 Å².